The predicted octanol–water partition coefficient (Wildman–Crippen LogP) is 3.71. The van der Waals surface area contributed by atoms with Gasteiger partial charge in [0, 0.05) is 30.9 Å². The highest BCUT2D eigenvalue weighted by Crippen LogP contribution is 2.36. The molecule has 0 aromatic heterocycles. The molecule has 1 heterocycles. The molecule has 0 spiro atoms. The number of ether oxygens (including phenoxy) is 1. The molecule has 174 valence electrons. The van der Waals surface area contributed by atoms with Crippen molar-refractivity contribution in [2.24, 2.45) is 4.99 Å². The third-order valence-electron chi connectivity index (χ3n) is 4.77. The van der Waals surface area contributed by atoms with Crippen molar-refractivity contribution in [1.82, 2.24) is 9.21 Å². The molecule has 2 rings (SSSR count). The third-order valence-corrected chi connectivity index (χ3v) is 9.02. The molecule has 1 N–H and O–H groups in total. The van der Waals surface area contributed by atoms with Gasteiger partial charge in [0.05, 0.1) is 5.75 Å². The summed E-state index contributed by atoms with van der Waals surface area (Å²) in [6, 6.07) is 3.06. The monoisotopic (exact) mass is 589 g/mol. The third kappa shape index (κ3) is 6.13. The fraction of sp³-hybridized carbons (Fsp3) is 0.556. The molecule has 1 atom stereocenters. The number of hydrogen-bond donors (Lipinski definition) is 1. The van der Waals surface area contributed by atoms with Gasteiger partial charge in [0.1, 0.15) is 12.3 Å². The van der Waals surface area contributed by atoms with Gasteiger partial charge >= 0.3 is 6.09 Å². The Morgan fingerprint density at radius 3 is 2.55 bits per heavy atom. The minimum Gasteiger partial charge on any atom is -0.465 e. The predicted molar refractivity (Wildman–Crippen MR) is 124 cm³/mol. The van der Waals surface area contributed by atoms with Crippen LogP contribution in [0.1, 0.15) is 12.5 Å². The van der Waals surface area contributed by atoms with E-state index in [9.17, 15) is 27.1 Å². The summed E-state index contributed by atoms with van der Waals surface area (Å²) in [5, 5.41) is 9.67. The van der Waals surface area contributed by atoms with E-state index in [4.69, 9.17) is 4.74 Å². The highest BCUT2D eigenvalue weighted by Gasteiger charge is 2.45. The van der Waals surface area contributed by atoms with Crippen LogP contribution < -0.4 is 0 Å². The maximum absolute atomic E-state index is 14.6. The van der Waals surface area contributed by atoms with Crippen molar-refractivity contribution in [3.8, 4) is 0 Å². The van der Waals surface area contributed by atoms with Crippen LogP contribution in [0.2, 0.25) is 25.7 Å². The molecular formula is C18H26F2IN3O5SSi. The van der Waals surface area contributed by atoms with E-state index in [0.29, 0.717) is 15.1 Å². The van der Waals surface area contributed by atoms with E-state index < -0.39 is 59.8 Å². The van der Waals surface area contributed by atoms with Crippen molar-refractivity contribution in [1.29, 1.82) is 0 Å². The lowest BCUT2D eigenvalue weighted by Gasteiger charge is -2.38. The van der Waals surface area contributed by atoms with Crippen LogP contribution in [0.4, 0.5) is 13.6 Å². The second kappa shape index (κ2) is 9.27. The number of hydrogen-bond acceptors (Lipinski definition) is 5. The summed E-state index contributed by atoms with van der Waals surface area (Å²) in [6.07, 6.45) is -1.48. The first-order valence-electron chi connectivity index (χ1n) is 9.37. The zero-order valence-electron chi connectivity index (χ0n) is 17.9. The molecule has 0 radical (unpaired) electrons. The van der Waals surface area contributed by atoms with Gasteiger partial charge in [-0.3, -0.25) is 0 Å². The Balaban J connectivity index is 2.50. The fourth-order valence-electron chi connectivity index (χ4n) is 2.95. The number of nitrogens with zero attached hydrogens (tertiary/aromatic N) is 3. The van der Waals surface area contributed by atoms with Crippen LogP contribution in [0.15, 0.2) is 17.1 Å². The minimum atomic E-state index is -4.08. The molecule has 0 saturated carbocycles. The second-order valence-corrected chi connectivity index (χ2v) is 17.6. The topological polar surface area (TPSA) is 99.5 Å². The van der Waals surface area contributed by atoms with E-state index in [1.54, 1.807) is 22.6 Å². The normalized spacial score (nSPS) is 21.0. The van der Waals surface area contributed by atoms with Gasteiger partial charge in [-0.25, -0.2) is 36.2 Å². The van der Waals surface area contributed by atoms with Crippen molar-refractivity contribution in [3.05, 3.63) is 32.9 Å². The Bertz CT molecular complexity index is 1000. The average Bonchev–Trinajstić information content (AvgIpc) is 2.60. The first-order chi connectivity index (χ1) is 14.1. The number of amides is 1. The van der Waals surface area contributed by atoms with Crippen molar-refractivity contribution < 1.29 is 31.8 Å². The summed E-state index contributed by atoms with van der Waals surface area (Å²) in [6.45, 7) is 7.60. The molecular weight excluding hydrogens is 563 g/mol. The van der Waals surface area contributed by atoms with Gasteiger partial charge < -0.3 is 9.84 Å². The molecule has 0 aliphatic carbocycles. The van der Waals surface area contributed by atoms with E-state index in [0.717, 1.165) is 23.5 Å². The van der Waals surface area contributed by atoms with Gasteiger partial charge in [0.15, 0.2) is 11.6 Å². The molecule has 13 heteroatoms. The van der Waals surface area contributed by atoms with Gasteiger partial charge in [0.2, 0.25) is 16.0 Å². The Kier molecular flexibility index (Phi) is 7.76. The average molecular weight is 589 g/mol. The maximum Gasteiger partial charge on any atom is 0.416 e. The molecule has 1 amide bonds. The zero-order valence-corrected chi connectivity index (χ0v) is 21.9. The molecule has 0 saturated heterocycles. The largest absolute Gasteiger partial charge is 0.465 e. The van der Waals surface area contributed by atoms with E-state index in [-0.39, 0.29) is 5.56 Å². The fourth-order valence-corrected chi connectivity index (χ4v) is 5.80. The number of carboxylic acid groups (broad SMARTS) is 1. The SMILES string of the molecule is CN1C(N(COCC[Si](C)(C)C)C(=O)O)=NC(C)(c2cc(I)cc(F)c2F)CS1(=O)=O. The number of benzene rings is 1. The smallest absolute Gasteiger partial charge is 0.416 e. The molecule has 8 nitrogen and oxygen atoms in total. The summed E-state index contributed by atoms with van der Waals surface area (Å²) in [4.78, 5) is 16.8. The molecule has 1 unspecified atom stereocenters. The number of rotatable bonds is 6. The molecule has 1 aliphatic rings. The Morgan fingerprint density at radius 2 is 2.00 bits per heavy atom. The number of carbonyl (C=O) groups is 1. The molecule has 31 heavy (non-hydrogen) atoms. The number of guanidine groups is 1. The van der Waals surface area contributed by atoms with Gasteiger partial charge in [-0.05, 0) is 47.7 Å². The van der Waals surface area contributed by atoms with Gasteiger partial charge in [-0.2, -0.15) is 0 Å². The van der Waals surface area contributed by atoms with Crippen LogP contribution in [0.3, 0.4) is 0 Å². The van der Waals surface area contributed by atoms with E-state index in [1.807, 2.05) is 0 Å². The molecule has 1 aromatic rings. The zero-order chi connectivity index (χ0) is 23.8. The van der Waals surface area contributed by atoms with Crippen LogP contribution in [-0.2, 0) is 20.3 Å². The summed E-state index contributed by atoms with van der Waals surface area (Å²) < 4.78 is 60.8. The summed E-state index contributed by atoms with van der Waals surface area (Å²) >= 11 is 1.79. The minimum absolute atomic E-state index is 0.268. The van der Waals surface area contributed by atoms with Gasteiger partial charge in [-0.15, -0.1) is 0 Å². The highest BCUT2D eigenvalue weighted by molar-refractivity contribution is 14.1. The lowest BCUT2D eigenvalue weighted by Crippen LogP contribution is -2.55. The van der Waals surface area contributed by atoms with Crippen molar-refractivity contribution in [3.63, 3.8) is 0 Å². The Labute approximate surface area is 195 Å². The van der Waals surface area contributed by atoms with Crippen molar-refractivity contribution in [2.75, 3.05) is 26.1 Å². The first-order valence-corrected chi connectivity index (χ1v) is 15.8. The molecule has 0 bridgehead atoms. The lowest BCUT2D eigenvalue weighted by atomic mass is 9.94. The second-order valence-electron chi connectivity index (χ2n) is 8.72. The van der Waals surface area contributed by atoms with Crippen LogP contribution >= 0.6 is 22.6 Å². The van der Waals surface area contributed by atoms with E-state index in [1.165, 1.54) is 13.0 Å². The summed E-state index contributed by atoms with van der Waals surface area (Å²) in [5.41, 5.74) is -2.00. The maximum atomic E-state index is 14.6. The molecule has 1 aliphatic heterocycles. The quantitative estimate of drug-likeness (QED) is 0.179. The number of sulfonamides is 1. The Morgan fingerprint density at radius 1 is 1.39 bits per heavy atom. The standard InChI is InChI=1S/C18H26F2IN3O5SSi/c1-18(13-8-12(21)9-14(19)15(13)20)10-30(27,28)23(2)16(22-18)24(17(25)26)11-29-6-7-31(3,4)5/h8-9H,6-7,10-11H2,1-5H3,(H,25,26). The van der Waals surface area contributed by atoms with E-state index >= 15 is 0 Å². The number of aliphatic imine (C=N–C) groups is 1. The summed E-state index contributed by atoms with van der Waals surface area (Å²) in [5.74, 6) is -3.45. The highest BCUT2D eigenvalue weighted by atomic mass is 127. The lowest BCUT2D eigenvalue weighted by molar-refractivity contribution is 0.0653. The van der Waals surface area contributed by atoms with Crippen LogP contribution in [0, 0.1) is 15.2 Å². The number of halogens is 3. The first kappa shape index (κ1) is 25.9. The van der Waals surface area contributed by atoms with Crippen LogP contribution in [0.5, 0.6) is 0 Å². The van der Waals surface area contributed by atoms with Gasteiger partial charge in [-0.1, -0.05) is 19.6 Å². The molecule has 1 aromatic carbocycles. The summed E-state index contributed by atoms with van der Waals surface area (Å²) in [7, 11) is -4.34. The van der Waals surface area contributed by atoms with Crippen LogP contribution in [0.25, 0.3) is 0 Å². The van der Waals surface area contributed by atoms with Gasteiger partial charge in [0.25, 0.3) is 0 Å². The molecule has 0 fully saturated rings. The van der Waals surface area contributed by atoms with Crippen LogP contribution in [-0.4, -0.2) is 69.0 Å². The van der Waals surface area contributed by atoms with Crippen molar-refractivity contribution >= 4 is 52.7 Å². The van der Waals surface area contributed by atoms with E-state index in [2.05, 4.69) is 24.6 Å². The Hall–Kier alpha value is -1.32. The van der Waals surface area contributed by atoms with Crippen molar-refractivity contribution in [2.45, 2.75) is 38.1 Å².